The van der Waals surface area contributed by atoms with E-state index in [1.165, 1.54) is 0 Å². The molecule has 160 valence electrons. The maximum absolute atomic E-state index is 13.6. The quantitative estimate of drug-likeness (QED) is 0.767. The molecule has 1 atom stereocenters. The zero-order valence-electron chi connectivity index (χ0n) is 17.7. The van der Waals surface area contributed by atoms with Gasteiger partial charge >= 0.3 is 6.03 Å². The highest BCUT2D eigenvalue weighted by molar-refractivity contribution is 6.09. The highest BCUT2D eigenvalue weighted by atomic mass is 16.2. The third-order valence-electron chi connectivity index (χ3n) is 6.49. The van der Waals surface area contributed by atoms with Crippen LogP contribution in [0.1, 0.15) is 45.1 Å². The first-order chi connectivity index (χ1) is 14.2. The minimum Gasteiger partial charge on any atom is -0.326 e. The Morgan fingerprint density at radius 3 is 2.23 bits per heavy atom. The lowest BCUT2D eigenvalue weighted by Crippen LogP contribution is -2.62. The van der Waals surface area contributed by atoms with Gasteiger partial charge in [-0.3, -0.25) is 19.3 Å². The van der Waals surface area contributed by atoms with Gasteiger partial charge < -0.3 is 15.1 Å². The van der Waals surface area contributed by atoms with Crippen LogP contribution >= 0.6 is 0 Å². The fourth-order valence-corrected chi connectivity index (χ4v) is 4.87. The van der Waals surface area contributed by atoms with E-state index in [1.807, 2.05) is 31.2 Å². The number of benzene rings is 1. The van der Waals surface area contributed by atoms with Crippen LogP contribution < -0.4 is 10.2 Å². The summed E-state index contributed by atoms with van der Waals surface area (Å²) >= 11 is 0. The molecule has 0 aliphatic carbocycles. The molecule has 0 bridgehead atoms. The molecule has 3 aliphatic heterocycles. The van der Waals surface area contributed by atoms with E-state index < -0.39 is 23.0 Å². The van der Waals surface area contributed by atoms with Gasteiger partial charge in [-0.05, 0) is 58.6 Å². The average Bonchev–Trinajstić information content (AvgIpc) is 3.20. The largest absolute Gasteiger partial charge is 0.326 e. The van der Waals surface area contributed by atoms with Crippen molar-refractivity contribution in [3.63, 3.8) is 0 Å². The summed E-state index contributed by atoms with van der Waals surface area (Å²) in [5.41, 5.74) is 0.0321. The van der Waals surface area contributed by atoms with E-state index in [4.69, 9.17) is 0 Å². The first-order valence-electron chi connectivity index (χ1n) is 10.5. The van der Waals surface area contributed by atoms with E-state index in [0.717, 1.165) is 29.0 Å². The summed E-state index contributed by atoms with van der Waals surface area (Å²) < 4.78 is 0. The molecule has 3 aliphatic rings. The van der Waals surface area contributed by atoms with Crippen molar-refractivity contribution in [3.8, 4) is 0 Å². The maximum Gasteiger partial charge on any atom is 0.325 e. The zero-order chi connectivity index (χ0) is 21.7. The lowest BCUT2D eigenvalue weighted by molar-refractivity contribution is -0.147. The van der Waals surface area contributed by atoms with Crippen molar-refractivity contribution in [3.05, 3.63) is 29.8 Å². The molecule has 3 heterocycles. The standard InChI is InChI=1S/C22H28N4O4/c1-15-6-8-16(9-7-15)24-12-4-10-22(19(24)29)11-5-13-26(22)17(27)14-25-18(28)21(2,3)23-20(25)30/h6-9H,4-5,10-14H2,1-3H3,(H,23,30). The third-order valence-corrected chi connectivity index (χ3v) is 6.49. The van der Waals surface area contributed by atoms with Crippen LogP contribution in [0.4, 0.5) is 10.5 Å². The molecule has 3 saturated heterocycles. The van der Waals surface area contributed by atoms with Crippen molar-refractivity contribution < 1.29 is 19.2 Å². The molecule has 1 aromatic carbocycles. The zero-order valence-corrected chi connectivity index (χ0v) is 17.7. The number of piperidine rings is 1. The number of amides is 5. The van der Waals surface area contributed by atoms with Gasteiger partial charge in [0.25, 0.3) is 11.8 Å². The summed E-state index contributed by atoms with van der Waals surface area (Å²) in [5.74, 6) is -0.848. The molecule has 0 aromatic heterocycles. The summed E-state index contributed by atoms with van der Waals surface area (Å²) in [7, 11) is 0. The Morgan fingerprint density at radius 1 is 1.00 bits per heavy atom. The second-order valence-corrected chi connectivity index (χ2v) is 9.02. The number of carbonyl (C=O) groups excluding carboxylic acids is 4. The fraction of sp³-hybridized carbons (Fsp3) is 0.545. The minimum absolute atomic E-state index is 0.0685. The number of hydrogen-bond donors (Lipinski definition) is 1. The SMILES string of the molecule is Cc1ccc(N2CCCC3(CCCN3C(=O)CN3C(=O)NC(C)(C)C3=O)C2=O)cc1. The van der Waals surface area contributed by atoms with Crippen molar-refractivity contribution in [2.75, 3.05) is 24.5 Å². The Kier molecular flexibility index (Phi) is 4.83. The van der Waals surface area contributed by atoms with Crippen LogP contribution in [0.3, 0.4) is 0 Å². The van der Waals surface area contributed by atoms with Gasteiger partial charge in [0.2, 0.25) is 5.91 Å². The summed E-state index contributed by atoms with van der Waals surface area (Å²) in [6.07, 6.45) is 2.72. The monoisotopic (exact) mass is 412 g/mol. The highest BCUT2D eigenvalue weighted by Crippen LogP contribution is 2.40. The summed E-state index contributed by atoms with van der Waals surface area (Å²) in [6, 6.07) is 7.25. The molecular weight excluding hydrogens is 384 g/mol. The van der Waals surface area contributed by atoms with E-state index in [0.29, 0.717) is 25.9 Å². The predicted molar refractivity (Wildman–Crippen MR) is 111 cm³/mol. The van der Waals surface area contributed by atoms with Gasteiger partial charge in [-0.25, -0.2) is 4.79 Å². The fourth-order valence-electron chi connectivity index (χ4n) is 4.87. The van der Waals surface area contributed by atoms with Crippen molar-refractivity contribution in [2.24, 2.45) is 0 Å². The lowest BCUT2D eigenvalue weighted by atomic mass is 9.85. The number of likely N-dealkylation sites (tertiary alicyclic amines) is 1. The van der Waals surface area contributed by atoms with Gasteiger partial charge in [-0.1, -0.05) is 17.7 Å². The molecule has 1 spiro atoms. The molecule has 4 rings (SSSR count). The summed E-state index contributed by atoms with van der Waals surface area (Å²) in [4.78, 5) is 55.8. The Hall–Kier alpha value is -2.90. The smallest absolute Gasteiger partial charge is 0.325 e. The van der Waals surface area contributed by atoms with Crippen molar-refractivity contribution in [2.45, 2.75) is 57.5 Å². The molecule has 3 fully saturated rings. The predicted octanol–water partition coefficient (Wildman–Crippen LogP) is 1.81. The second kappa shape index (κ2) is 7.11. The van der Waals surface area contributed by atoms with Crippen LogP contribution in [0.5, 0.6) is 0 Å². The molecule has 30 heavy (non-hydrogen) atoms. The number of aryl methyl sites for hydroxylation is 1. The minimum atomic E-state index is -1.02. The van der Waals surface area contributed by atoms with E-state index >= 15 is 0 Å². The third kappa shape index (κ3) is 3.14. The van der Waals surface area contributed by atoms with Crippen LogP contribution in [0.15, 0.2) is 24.3 Å². The lowest BCUT2D eigenvalue weighted by Gasteiger charge is -2.44. The summed E-state index contributed by atoms with van der Waals surface area (Å²) in [5, 5.41) is 2.59. The normalized spacial score (nSPS) is 26.0. The average molecular weight is 412 g/mol. The number of imide groups is 1. The number of nitrogens with one attached hydrogen (secondary N) is 1. The van der Waals surface area contributed by atoms with Crippen LogP contribution in [-0.2, 0) is 14.4 Å². The Labute approximate surface area is 176 Å². The first-order valence-corrected chi connectivity index (χ1v) is 10.5. The van der Waals surface area contributed by atoms with Gasteiger partial charge in [0, 0.05) is 18.8 Å². The molecule has 0 saturated carbocycles. The topological polar surface area (TPSA) is 90.0 Å². The number of anilines is 1. The molecule has 5 amide bonds. The van der Waals surface area contributed by atoms with Crippen LogP contribution in [0.2, 0.25) is 0 Å². The highest BCUT2D eigenvalue weighted by Gasteiger charge is 2.54. The molecule has 8 heteroatoms. The van der Waals surface area contributed by atoms with Crippen LogP contribution in [0, 0.1) is 6.92 Å². The first kappa shape index (κ1) is 20.4. The van der Waals surface area contributed by atoms with E-state index in [1.54, 1.807) is 23.6 Å². The Morgan fingerprint density at radius 2 is 1.63 bits per heavy atom. The number of nitrogens with zero attached hydrogens (tertiary/aromatic N) is 3. The van der Waals surface area contributed by atoms with E-state index in [9.17, 15) is 19.2 Å². The Bertz CT molecular complexity index is 910. The molecule has 0 radical (unpaired) electrons. The number of carbonyl (C=O) groups is 4. The van der Waals surface area contributed by atoms with E-state index in [-0.39, 0.29) is 18.4 Å². The van der Waals surface area contributed by atoms with Gasteiger partial charge in [0.1, 0.15) is 17.6 Å². The maximum atomic E-state index is 13.6. The number of hydrogen-bond acceptors (Lipinski definition) is 4. The van der Waals surface area contributed by atoms with Gasteiger partial charge in [-0.15, -0.1) is 0 Å². The Balaban J connectivity index is 1.56. The van der Waals surface area contributed by atoms with Crippen molar-refractivity contribution in [1.29, 1.82) is 0 Å². The van der Waals surface area contributed by atoms with Crippen LogP contribution in [-0.4, -0.2) is 64.3 Å². The van der Waals surface area contributed by atoms with Gasteiger partial charge in [0.15, 0.2) is 0 Å². The van der Waals surface area contributed by atoms with E-state index in [2.05, 4.69) is 5.32 Å². The van der Waals surface area contributed by atoms with Crippen molar-refractivity contribution >= 4 is 29.4 Å². The number of urea groups is 1. The molecule has 8 nitrogen and oxygen atoms in total. The molecule has 1 N–H and O–H groups in total. The summed E-state index contributed by atoms with van der Waals surface area (Å²) in [6.45, 7) is 5.95. The molecule has 1 aromatic rings. The van der Waals surface area contributed by atoms with Gasteiger partial charge in [0.05, 0.1) is 0 Å². The number of rotatable bonds is 3. The molecular formula is C22H28N4O4. The second-order valence-electron chi connectivity index (χ2n) is 9.02. The van der Waals surface area contributed by atoms with Gasteiger partial charge in [-0.2, -0.15) is 0 Å². The van der Waals surface area contributed by atoms with Crippen molar-refractivity contribution in [1.82, 2.24) is 15.1 Å². The molecule has 1 unspecified atom stereocenters. The van der Waals surface area contributed by atoms with Crippen LogP contribution in [0.25, 0.3) is 0 Å².